The molecule has 2 rings (SSSR count). The highest BCUT2D eigenvalue weighted by Crippen LogP contribution is 2.30. The van der Waals surface area contributed by atoms with Gasteiger partial charge in [-0.3, -0.25) is 0 Å². The summed E-state index contributed by atoms with van der Waals surface area (Å²) in [5.74, 6) is -0.823. The monoisotopic (exact) mass is 176 g/mol. The number of ether oxygens (including phenoxy) is 2. The Morgan fingerprint density at radius 3 is 2.42 bits per heavy atom. The first-order valence-electron chi connectivity index (χ1n) is 3.51. The van der Waals surface area contributed by atoms with Crippen LogP contribution in [0.4, 0.5) is 0 Å². The van der Waals surface area contributed by atoms with Crippen molar-refractivity contribution in [2.75, 3.05) is 0 Å². The number of rotatable bonds is 0. The second kappa shape index (κ2) is 2.40. The molecule has 0 aromatic rings. The van der Waals surface area contributed by atoms with Gasteiger partial charge in [-0.15, -0.1) is 0 Å². The number of esters is 1. The van der Waals surface area contributed by atoms with E-state index in [9.17, 15) is 4.79 Å². The minimum Gasteiger partial charge on any atom is -0.454 e. The maximum absolute atomic E-state index is 10.7. The van der Waals surface area contributed by atoms with Gasteiger partial charge in [0.2, 0.25) is 0 Å². The molecule has 0 saturated carbocycles. The second-order valence-corrected chi connectivity index (χ2v) is 2.83. The lowest BCUT2D eigenvalue weighted by molar-refractivity contribution is -0.168. The van der Waals surface area contributed by atoms with Crippen molar-refractivity contribution in [2.45, 2.75) is 30.7 Å². The Bertz CT molecular complexity index is 216. The number of hydrogen-bond acceptors (Lipinski definition) is 6. The molecule has 6 heteroatoms. The van der Waals surface area contributed by atoms with Gasteiger partial charge in [0.1, 0.15) is 12.2 Å². The van der Waals surface area contributed by atoms with Gasteiger partial charge in [0.25, 0.3) is 0 Å². The lowest BCUT2D eigenvalue weighted by Gasteiger charge is -2.10. The van der Waals surface area contributed by atoms with Gasteiger partial charge in [-0.2, -0.15) is 0 Å². The van der Waals surface area contributed by atoms with E-state index in [2.05, 4.69) is 9.47 Å². The predicted octanol–water partition coefficient (Wildman–Crippen LogP) is -2.65. The van der Waals surface area contributed by atoms with E-state index in [1.165, 1.54) is 0 Å². The van der Waals surface area contributed by atoms with Crippen LogP contribution >= 0.6 is 0 Å². The summed E-state index contributed by atoms with van der Waals surface area (Å²) in [5, 5.41) is 27.2. The first-order chi connectivity index (χ1) is 5.61. The zero-order valence-corrected chi connectivity index (χ0v) is 5.95. The molecule has 0 aliphatic carbocycles. The number of carbonyl (C=O) groups is 1. The number of hydrogen-bond donors (Lipinski definition) is 3. The van der Waals surface area contributed by atoms with Crippen molar-refractivity contribution in [3.63, 3.8) is 0 Å². The summed E-state index contributed by atoms with van der Waals surface area (Å²) in [6.07, 6.45) is -5.94. The van der Waals surface area contributed by atoms with E-state index in [4.69, 9.17) is 15.3 Å². The number of carbonyl (C=O) groups excluding carboxylic acids is 1. The minimum absolute atomic E-state index is 0.823. The fraction of sp³-hybridized carbons (Fsp3) is 0.833. The summed E-state index contributed by atoms with van der Waals surface area (Å²) < 4.78 is 9.25. The highest BCUT2D eigenvalue weighted by atomic mass is 16.7. The minimum atomic E-state index is -1.40. The lowest BCUT2D eigenvalue weighted by Crippen LogP contribution is -2.32. The van der Waals surface area contributed by atoms with Crippen molar-refractivity contribution in [1.29, 1.82) is 0 Å². The van der Waals surface area contributed by atoms with Gasteiger partial charge < -0.3 is 24.8 Å². The van der Waals surface area contributed by atoms with Gasteiger partial charge in [0.15, 0.2) is 18.5 Å². The van der Waals surface area contributed by atoms with Gasteiger partial charge in [-0.25, -0.2) is 4.79 Å². The van der Waals surface area contributed by atoms with E-state index in [1.54, 1.807) is 0 Å². The molecule has 0 unspecified atom stereocenters. The zero-order valence-electron chi connectivity index (χ0n) is 5.95. The van der Waals surface area contributed by atoms with E-state index in [0.29, 0.717) is 0 Å². The summed E-state index contributed by atoms with van der Waals surface area (Å²) in [4.78, 5) is 10.7. The van der Waals surface area contributed by atoms with Gasteiger partial charge >= 0.3 is 5.97 Å². The number of fused-ring (bicyclic) bond motifs is 1. The summed E-state index contributed by atoms with van der Waals surface area (Å²) in [5.41, 5.74) is 0. The molecule has 3 N–H and O–H groups in total. The maximum atomic E-state index is 10.7. The molecular formula is C6H8O6. The molecule has 5 atom stereocenters. The Morgan fingerprint density at radius 2 is 1.83 bits per heavy atom. The van der Waals surface area contributed by atoms with Crippen LogP contribution in [0, 0.1) is 0 Å². The molecule has 2 saturated heterocycles. The molecule has 0 radical (unpaired) electrons. The first kappa shape index (κ1) is 7.93. The van der Waals surface area contributed by atoms with E-state index < -0.39 is 36.7 Å². The molecule has 0 amide bonds. The smallest absolute Gasteiger partial charge is 0.338 e. The largest absolute Gasteiger partial charge is 0.454 e. The Balaban J connectivity index is 2.19. The van der Waals surface area contributed by atoms with Crippen LogP contribution in [0.25, 0.3) is 0 Å². The van der Waals surface area contributed by atoms with Gasteiger partial charge in [-0.1, -0.05) is 0 Å². The van der Waals surface area contributed by atoms with Crippen molar-refractivity contribution in [1.82, 2.24) is 0 Å². The van der Waals surface area contributed by atoms with Crippen molar-refractivity contribution in [3.05, 3.63) is 0 Å². The van der Waals surface area contributed by atoms with Gasteiger partial charge in [-0.05, 0) is 0 Å². The van der Waals surface area contributed by atoms with Crippen LogP contribution in [-0.2, 0) is 14.3 Å². The third-order valence-corrected chi connectivity index (χ3v) is 2.05. The molecule has 0 bridgehead atoms. The van der Waals surface area contributed by atoms with Crippen LogP contribution in [0.5, 0.6) is 0 Å². The van der Waals surface area contributed by atoms with Crippen LogP contribution < -0.4 is 0 Å². The summed E-state index contributed by atoms with van der Waals surface area (Å²) in [6.45, 7) is 0. The molecule has 2 aliphatic rings. The second-order valence-electron chi connectivity index (χ2n) is 2.83. The first-order valence-corrected chi connectivity index (χ1v) is 3.51. The Labute approximate surface area is 67.3 Å². The van der Waals surface area contributed by atoms with E-state index in [1.807, 2.05) is 0 Å². The summed E-state index contributed by atoms with van der Waals surface area (Å²) in [7, 11) is 0. The zero-order chi connectivity index (χ0) is 8.88. The molecular weight excluding hydrogens is 168 g/mol. The van der Waals surface area contributed by atoms with Gasteiger partial charge in [0.05, 0.1) is 0 Å². The highest BCUT2D eigenvalue weighted by Gasteiger charge is 2.56. The van der Waals surface area contributed by atoms with E-state index >= 15 is 0 Å². The fourth-order valence-electron chi connectivity index (χ4n) is 1.40. The Kier molecular flexibility index (Phi) is 1.58. The Hall–Kier alpha value is -0.690. The third kappa shape index (κ3) is 0.862. The quantitative estimate of drug-likeness (QED) is 0.349. The third-order valence-electron chi connectivity index (χ3n) is 2.05. The van der Waals surface area contributed by atoms with Crippen molar-refractivity contribution in [3.8, 4) is 0 Å². The topological polar surface area (TPSA) is 96.2 Å². The lowest BCUT2D eigenvalue weighted by atomic mass is 10.1. The fourth-order valence-corrected chi connectivity index (χ4v) is 1.40. The molecule has 2 fully saturated rings. The predicted molar refractivity (Wildman–Crippen MR) is 32.8 cm³/mol. The van der Waals surface area contributed by atoms with Crippen LogP contribution in [-0.4, -0.2) is 52.0 Å². The standard InChI is InChI=1S/C6H8O6/c7-1-3-4(12-5(1)9)2(8)6(10)11-3/h1-5,7-9H/t1-,2+,3-,4-,5-/m1/s1. The molecule has 2 heterocycles. The molecule has 0 spiro atoms. The normalized spacial score (nSPS) is 52.2. The average Bonchev–Trinajstić information content (AvgIpc) is 2.43. The summed E-state index contributed by atoms with van der Waals surface area (Å²) >= 11 is 0. The molecule has 0 aromatic heterocycles. The van der Waals surface area contributed by atoms with E-state index in [-0.39, 0.29) is 0 Å². The molecule has 12 heavy (non-hydrogen) atoms. The average molecular weight is 176 g/mol. The van der Waals surface area contributed by atoms with Crippen molar-refractivity contribution < 1.29 is 29.6 Å². The van der Waals surface area contributed by atoms with Crippen LogP contribution in [0.3, 0.4) is 0 Å². The number of aliphatic hydroxyl groups excluding tert-OH is 3. The van der Waals surface area contributed by atoms with Crippen LogP contribution in [0.2, 0.25) is 0 Å². The molecule has 68 valence electrons. The Morgan fingerprint density at radius 1 is 1.17 bits per heavy atom. The molecule has 6 nitrogen and oxygen atoms in total. The van der Waals surface area contributed by atoms with E-state index in [0.717, 1.165) is 0 Å². The molecule has 2 aliphatic heterocycles. The van der Waals surface area contributed by atoms with Crippen LogP contribution in [0.1, 0.15) is 0 Å². The van der Waals surface area contributed by atoms with Crippen molar-refractivity contribution in [2.24, 2.45) is 0 Å². The van der Waals surface area contributed by atoms with Crippen LogP contribution in [0.15, 0.2) is 0 Å². The summed E-state index contributed by atoms with van der Waals surface area (Å²) in [6, 6.07) is 0. The highest BCUT2D eigenvalue weighted by molar-refractivity contribution is 5.78. The number of aliphatic hydroxyl groups is 3. The SMILES string of the molecule is O=C1O[C@@H]2[C@@H](O)[C@H](O)O[C@@H]2[C@@H]1O. The maximum Gasteiger partial charge on any atom is 0.338 e. The molecule has 0 aromatic carbocycles. The van der Waals surface area contributed by atoms with Crippen molar-refractivity contribution >= 4 is 5.97 Å². The van der Waals surface area contributed by atoms with Gasteiger partial charge in [0, 0.05) is 0 Å².